The van der Waals surface area contributed by atoms with E-state index in [1.807, 2.05) is 17.0 Å². The third kappa shape index (κ3) is 4.99. The number of aryl methyl sites for hydroxylation is 1. The van der Waals surface area contributed by atoms with E-state index in [0.717, 1.165) is 34.9 Å². The normalized spacial score (nSPS) is 23.0. The Labute approximate surface area is 264 Å². The average Bonchev–Trinajstić information content (AvgIpc) is 3.40. The van der Waals surface area contributed by atoms with Crippen LogP contribution in [0.3, 0.4) is 0 Å². The molecule has 0 saturated carbocycles. The van der Waals surface area contributed by atoms with E-state index < -0.39 is 19.6 Å². The summed E-state index contributed by atoms with van der Waals surface area (Å²) < 4.78 is 12.8. The third-order valence-electron chi connectivity index (χ3n) is 10.7. The molecule has 7 rings (SSSR count). The van der Waals surface area contributed by atoms with Crippen molar-refractivity contribution >= 4 is 31.0 Å². The molecule has 1 N–H and O–H groups in total. The van der Waals surface area contributed by atoms with Gasteiger partial charge in [-0.15, -0.1) is 0 Å². The number of hydrogen-bond acceptors (Lipinski definition) is 8. The molecular weight excluding hydrogens is 588 g/mol. The Morgan fingerprint density at radius 3 is 2.51 bits per heavy atom. The molecule has 4 aliphatic rings. The summed E-state index contributed by atoms with van der Waals surface area (Å²) in [5.74, 6) is -0.263. The Kier molecular flexibility index (Phi) is 7.41. The predicted molar refractivity (Wildman–Crippen MR) is 173 cm³/mol. The summed E-state index contributed by atoms with van der Waals surface area (Å²) in [7, 11) is -1.01. The number of benzene rings is 1. The summed E-state index contributed by atoms with van der Waals surface area (Å²) >= 11 is 0. The van der Waals surface area contributed by atoms with Gasteiger partial charge in [-0.25, -0.2) is 14.6 Å². The number of hydrogen-bond donors (Lipinski definition) is 1. The first-order valence-electron chi connectivity index (χ1n) is 16.4. The minimum Gasteiger partial charge on any atom is -0.458 e. The number of esters is 1. The van der Waals surface area contributed by atoms with Gasteiger partial charge in [0.2, 0.25) is 0 Å². The maximum absolute atomic E-state index is 13.6. The molecule has 0 radical (unpaired) electrons. The number of pyridine rings is 2. The lowest BCUT2D eigenvalue weighted by molar-refractivity contribution is -0.172. The van der Waals surface area contributed by atoms with E-state index in [1.54, 1.807) is 23.6 Å². The monoisotopic (exact) mass is 630 g/mol. The smallest absolute Gasteiger partial charge is 0.415 e. The highest BCUT2D eigenvalue weighted by atomic mass is 28.3. The fraction of sp³-hybridized carbons (Fsp3) is 0.529. The van der Waals surface area contributed by atoms with Crippen molar-refractivity contribution < 1.29 is 24.2 Å². The molecule has 1 amide bonds. The zero-order chi connectivity index (χ0) is 31.7. The highest BCUT2D eigenvalue weighted by Crippen LogP contribution is 2.41. The Morgan fingerprint density at radius 1 is 1.09 bits per heavy atom. The lowest BCUT2D eigenvalue weighted by Gasteiger charge is -2.43. The molecule has 238 valence electrons. The van der Waals surface area contributed by atoms with Crippen LogP contribution in [0.4, 0.5) is 4.79 Å². The van der Waals surface area contributed by atoms with Crippen molar-refractivity contribution in [1.82, 2.24) is 19.4 Å². The number of fused-ring (bicyclic) bond motifs is 5. The van der Waals surface area contributed by atoms with Crippen LogP contribution in [-0.4, -0.2) is 76.8 Å². The second-order valence-corrected chi connectivity index (χ2v) is 19.2. The van der Waals surface area contributed by atoms with E-state index in [2.05, 4.69) is 24.9 Å². The van der Waals surface area contributed by atoms with Gasteiger partial charge in [0.15, 0.2) is 5.60 Å². The largest absolute Gasteiger partial charge is 0.458 e. The van der Waals surface area contributed by atoms with Crippen LogP contribution in [0.15, 0.2) is 29.1 Å². The Balaban J connectivity index is 1.12. The molecule has 0 spiro atoms. The van der Waals surface area contributed by atoms with Gasteiger partial charge in [0.25, 0.3) is 5.56 Å². The minimum atomic E-state index is -1.87. The van der Waals surface area contributed by atoms with Gasteiger partial charge in [0, 0.05) is 43.7 Å². The molecule has 1 atom stereocenters. The van der Waals surface area contributed by atoms with E-state index in [4.69, 9.17) is 14.5 Å². The van der Waals surface area contributed by atoms with Crippen molar-refractivity contribution in [3.05, 3.63) is 56.9 Å². The fourth-order valence-electron chi connectivity index (χ4n) is 7.68. The van der Waals surface area contributed by atoms with Crippen molar-refractivity contribution in [3.8, 4) is 17.1 Å². The van der Waals surface area contributed by atoms with Crippen molar-refractivity contribution in [1.29, 1.82) is 0 Å². The van der Waals surface area contributed by atoms with Gasteiger partial charge in [-0.2, -0.15) is 0 Å². The minimum absolute atomic E-state index is 0.0949. The van der Waals surface area contributed by atoms with Crippen LogP contribution < -0.4 is 10.3 Å². The molecule has 2 fully saturated rings. The number of likely N-dealkylation sites (tertiary alicyclic amines) is 1. The average molecular weight is 631 g/mol. The number of amides is 1. The van der Waals surface area contributed by atoms with Gasteiger partial charge in [0.05, 0.1) is 29.0 Å². The Morgan fingerprint density at radius 2 is 1.82 bits per heavy atom. The zero-order valence-electron chi connectivity index (χ0n) is 26.6. The molecule has 45 heavy (non-hydrogen) atoms. The quantitative estimate of drug-likeness (QED) is 0.257. The van der Waals surface area contributed by atoms with Gasteiger partial charge in [-0.1, -0.05) is 26.9 Å². The number of carbonyl (C=O) groups excluding carboxylic acids is 2. The second kappa shape index (κ2) is 11.1. The fourth-order valence-corrected chi connectivity index (χ4v) is 9.72. The molecule has 2 saturated heterocycles. The first kappa shape index (κ1) is 30.1. The maximum Gasteiger partial charge on any atom is 0.415 e. The molecule has 1 unspecified atom stereocenters. The molecule has 0 aliphatic carbocycles. The summed E-state index contributed by atoms with van der Waals surface area (Å²) in [5.41, 5.74) is 2.39. The van der Waals surface area contributed by atoms with Crippen molar-refractivity contribution in [2.75, 3.05) is 26.2 Å². The Bertz CT molecular complexity index is 1770. The van der Waals surface area contributed by atoms with Crippen LogP contribution in [0.1, 0.15) is 55.4 Å². The lowest BCUT2D eigenvalue weighted by atomic mass is 9.86. The molecule has 10 nitrogen and oxygen atoms in total. The van der Waals surface area contributed by atoms with Crippen molar-refractivity contribution in [2.24, 2.45) is 0 Å². The van der Waals surface area contributed by atoms with Crippen LogP contribution in [0.5, 0.6) is 5.75 Å². The molecule has 2 aromatic heterocycles. The zero-order valence-corrected chi connectivity index (χ0v) is 27.6. The van der Waals surface area contributed by atoms with E-state index >= 15 is 0 Å². The number of rotatable bonds is 4. The van der Waals surface area contributed by atoms with Crippen LogP contribution >= 0.6 is 0 Å². The van der Waals surface area contributed by atoms with E-state index in [1.165, 1.54) is 25.2 Å². The summed E-state index contributed by atoms with van der Waals surface area (Å²) in [5, 5.41) is 12.1. The number of nitrogens with zero attached hydrogens (tertiary/aromatic N) is 4. The lowest BCUT2D eigenvalue weighted by Crippen LogP contribution is -2.51. The van der Waals surface area contributed by atoms with Crippen molar-refractivity contribution in [3.63, 3.8) is 0 Å². The molecule has 4 aliphatic heterocycles. The van der Waals surface area contributed by atoms with Crippen LogP contribution in [0, 0.1) is 0 Å². The Hall–Kier alpha value is -3.54. The van der Waals surface area contributed by atoms with Crippen LogP contribution in [-0.2, 0) is 34.7 Å². The summed E-state index contributed by atoms with van der Waals surface area (Å²) in [4.78, 5) is 48.7. The van der Waals surface area contributed by atoms with E-state index in [9.17, 15) is 19.5 Å². The highest BCUT2D eigenvalue weighted by Gasteiger charge is 2.45. The number of cyclic esters (lactones) is 1. The van der Waals surface area contributed by atoms with Crippen molar-refractivity contribution in [2.45, 2.75) is 89.5 Å². The summed E-state index contributed by atoms with van der Waals surface area (Å²) in [6.45, 7) is 12.7. The molecule has 0 bridgehead atoms. The molecular formula is C34H42N4O6Si. The SMILES string of the molecule is CCc1c2c(nc3ccc(OC(=O)N4CCC(N5CC[Si](C)(C)CC5)CC4)cc13)-c1cc3c(c(=O)n1C2)COC(=O)C3(O)CC. The standard InChI is InChI=1S/C34H42N4O6Si/c1-5-23-24-17-22(44-33(41)37-11-9-21(10-12-37)36-13-15-45(3,4)16-14-36)7-8-28(24)35-30-25(23)19-38-29(30)18-27-26(31(38)39)20-43-32(40)34(27,42)6-2/h7-8,17-18,21,42H,5-6,9-16,19-20H2,1-4H3. The first-order chi connectivity index (χ1) is 21.5. The molecule has 11 heteroatoms. The first-order valence-corrected chi connectivity index (χ1v) is 19.8. The van der Waals surface area contributed by atoms with Gasteiger partial charge in [-0.3, -0.25) is 4.79 Å². The predicted octanol–water partition coefficient (Wildman–Crippen LogP) is 4.63. The van der Waals surface area contributed by atoms with Gasteiger partial charge in [0.1, 0.15) is 12.4 Å². The molecule has 6 heterocycles. The number of aliphatic hydroxyl groups is 1. The number of carbonyl (C=O) groups is 2. The number of ether oxygens (including phenoxy) is 2. The summed E-state index contributed by atoms with van der Waals surface area (Å²) in [6, 6.07) is 10.5. The highest BCUT2D eigenvalue weighted by molar-refractivity contribution is 6.77. The third-order valence-corrected chi connectivity index (χ3v) is 13.9. The van der Waals surface area contributed by atoms with Gasteiger partial charge >= 0.3 is 12.1 Å². The summed E-state index contributed by atoms with van der Waals surface area (Å²) in [6.07, 6.45) is 2.41. The van der Waals surface area contributed by atoms with Crippen LogP contribution in [0.2, 0.25) is 25.2 Å². The molecule has 1 aromatic carbocycles. The van der Waals surface area contributed by atoms with Gasteiger partial charge in [-0.05, 0) is 80.7 Å². The van der Waals surface area contributed by atoms with Crippen LogP contribution in [0.25, 0.3) is 22.3 Å². The molecule has 3 aromatic rings. The maximum atomic E-state index is 13.6. The second-order valence-electron chi connectivity index (χ2n) is 13.8. The number of piperidine rings is 1. The topological polar surface area (TPSA) is 114 Å². The van der Waals surface area contributed by atoms with E-state index in [-0.39, 0.29) is 24.7 Å². The van der Waals surface area contributed by atoms with E-state index in [0.29, 0.717) is 60.4 Å². The van der Waals surface area contributed by atoms with Gasteiger partial charge < -0.3 is 28.9 Å². The number of aromatic nitrogens is 2.